The van der Waals surface area contributed by atoms with Crippen LogP contribution in [0.25, 0.3) is 0 Å². The van der Waals surface area contributed by atoms with Crippen LogP contribution in [0.1, 0.15) is 61.8 Å². The third kappa shape index (κ3) is 4.82. The molecule has 0 unspecified atom stereocenters. The summed E-state index contributed by atoms with van der Waals surface area (Å²) in [5.41, 5.74) is -3.71. The second-order valence-electron chi connectivity index (χ2n) is 8.26. The van der Waals surface area contributed by atoms with Crippen molar-refractivity contribution in [2.75, 3.05) is 13.2 Å². The minimum Gasteiger partial charge on any atom is -0.464 e. The molecular weight excluding hydrogens is 350 g/mol. The molecule has 7 nitrogen and oxygen atoms in total. The van der Waals surface area contributed by atoms with Crippen LogP contribution in [0.2, 0.25) is 0 Å². The number of hydrogen-bond acceptors (Lipinski definition) is 6. The lowest BCUT2D eigenvalue weighted by Crippen LogP contribution is -2.64. The average Bonchev–Trinajstić information content (AvgIpc) is 2.80. The number of amides is 1. The zero-order valence-corrected chi connectivity index (χ0v) is 17.8. The molecule has 1 amide bonds. The Kier molecular flexibility index (Phi) is 7.08. The Balaban J connectivity index is 3.54. The van der Waals surface area contributed by atoms with E-state index in [4.69, 9.17) is 14.2 Å². The van der Waals surface area contributed by atoms with Crippen LogP contribution in [0, 0.1) is 5.92 Å². The fourth-order valence-corrected chi connectivity index (χ4v) is 3.24. The average molecular weight is 383 g/mol. The minimum absolute atomic E-state index is 0.0496. The summed E-state index contributed by atoms with van der Waals surface area (Å²) in [5.74, 6) is -1.16. The van der Waals surface area contributed by atoms with Gasteiger partial charge in [-0.1, -0.05) is 13.8 Å². The molecule has 1 aliphatic rings. The first-order valence-corrected chi connectivity index (χ1v) is 9.42. The maximum absolute atomic E-state index is 13.1. The van der Waals surface area contributed by atoms with Crippen molar-refractivity contribution in [1.82, 2.24) is 4.90 Å². The molecule has 0 aliphatic carbocycles. The molecule has 0 aromatic rings. The van der Waals surface area contributed by atoms with Crippen molar-refractivity contribution in [3.63, 3.8) is 0 Å². The lowest BCUT2D eigenvalue weighted by molar-refractivity contribution is -0.164. The highest BCUT2D eigenvalue weighted by molar-refractivity contribution is 5.96. The van der Waals surface area contributed by atoms with Gasteiger partial charge in [-0.25, -0.2) is 14.4 Å². The van der Waals surface area contributed by atoms with Gasteiger partial charge in [0.05, 0.1) is 13.2 Å². The van der Waals surface area contributed by atoms with Gasteiger partial charge in [-0.05, 0) is 66.0 Å². The minimum atomic E-state index is -1.47. The van der Waals surface area contributed by atoms with E-state index in [1.807, 2.05) is 13.8 Å². The van der Waals surface area contributed by atoms with E-state index in [1.54, 1.807) is 47.6 Å². The van der Waals surface area contributed by atoms with Crippen molar-refractivity contribution >= 4 is 18.0 Å². The molecule has 0 N–H and O–H groups in total. The summed E-state index contributed by atoms with van der Waals surface area (Å²) >= 11 is 0. The van der Waals surface area contributed by atoms with E-state index in [-0.39, 0.29) is 25.6 Å². The molecule has 1 aliphatic heterocycles. The molecule has 154 valence electrons. The molecule has 1 heterocycles. The summed E-state index contributed by atoms with van der Waals surface area (Å²) in [6.07, 6.45) is 2.63. The third-order valence-electron chi connectivity index (χ3n) is 4.16. The highest BCUT2D eigenvalue weighted by Gasteiger charge is 2.61. The molecule has 0 saturated carbocycles. The van der Waals surface area contributed by atoms with Crippen molar-refractivity contribution in [2.24, 2.45) is 5.92 Å². The van der Waals surface area contributed by atoms with Gasteiger partial charge in [-0.3, -0.25) is 4.90 Å². The Morgan fingerprint density at radius 3 is 1.96 bits per heavy atom. The topological polar surface area (TPSA) is 82.1 Å². The van der Waals surface area contributed by atoms with Crippen LogP contribution in [0.3, 0.4) is 0 Å². The molecule has 1 rings (SSSR count). The number of rotatable bonds is 6. The molecule has 0 aromatic heterocycles. The van der Waals surface area contributed by atoms with Crippen LogP contribution in [0.5, 0.6) is 0 Å². The molecule has 27 heavy (non-hydrogen) atoms. The van der Waals surface area contributed by atoms with Gasteiger partial charge in [-0.2, -0.15) is 0 Å². The fraction of sp³-hybridized carbons (Fsp3) is 0.750. The summed E-state index contributed by atoms with van der Waals surface area (Å²) in [4.78, 5) is 40.0. The van der Waals surface area contributed by atoms with Gasteiger partial charge >= 0.3 is 18.0 Å². The second kappa shape index (κ2) is 8.31. The van der Waals surface area contributed by atoms with Crippen molar-refractivity contribution < 1.29 is 28.6 Å². The first-order chi connectivity index (χ1) is 12.3. The predicted molar refractivity (Wildman–Crippen MR) is 101 cm³/mol. The van der Waals surface area contributed by atoms with Gasteiger partial charge in [0.2, 0.25) is 0 Å². The zero-order chi connectivity index (χ0) is 21.0. The number of hydrogen-bond donors (Lipinski definition) is 0. The van der Waals surface area contributed by atoms with Crippen molar-refractivity contribution in [3.05, 3.63) is 12.2 Å². The monoisotopic (exact) mass is 383 g/mol. The first-order valence-electron chi connectivity index (χ1n) is 9.42. The molecule has 0 spiro atoms. The third-order valence-corrected chi connectivity index (χ3v) is 4.16. The maximum atomic E-state index is 13.1. The van der Waals surface area contributed by atoms with Crippen LogP contribution in [-0.2, 0) is 23.8 Å². The molecule has 0 saturated heterocycles. The normalized spacial score (nSPS) is 24.9. The van der Waals surface area contributed by atoms with Gasteiger partial charge < -0.3 is 14.2 Å². The number of nitrogens with zero attached hydrogens (tertiary/aromatic N) is 1. The van der Waals surface area contributed by atoms with E-state index >= 15 is 0 Å². The Labute approximate surface area is 162 Å². The zero-order valence-electron chi connectivity index (χ0n) is 17.8. The van der Waals surface area contributed by atoms with Crippen molar-refractivity contribution in [2.45, 2.75) is 78.5 Å². The standard InChI is InChI=1S/C20H33NO6/c1-9-25-15(22)19(8)11-12-20(13-14(3)4,16(23)26-10-2)21(19)17(24)27-18(5,6)7/h11-12,14H,9-10,13H2,1-8H3/t19-,20+/m1/s1. The van der Waals surface area contributed by atoms with Crippen LogP contribution in [-0.4, -0.2) is 52.8 Å². The number of carbonyl (C=O) groups excluding carboxylic acids is 3. The van der Waals surface area contributed by atoms with Gasteiger partial charge in [-0.15, -0.1) is 0 Å². The highest BCUT2D eigenvalue weighted by Crippen LogP contribution is 2.42. The van der Waals surface area contributed by atoms with E-state index < -0.39 is 34.7 Å². The summed E-state index contributed by atoms with van der Waals surface area (Å²) in [7, 11) is 0. The van der Waals surface area contributed by atoms with E-state index in [9.17, 15) is 14.4 Å². The van der Waals surface area contributed by atoms with Crippen LogP contribution in [0.4, 0.5) is 4.79 Å². The van der Waals surface area contributed by atoms with Gasteiger partial charge in [0, 0.05) is 0 Å². The van der Waals surface area contributed by atoms with E-state index in [0.29, 0.717) is 0 Å². The number of carbonyl (C=O) groups is 3. The van der Waals surface area contributed by atoms with E-state index in [0.717, 1.165) is 0 Å². The summed E-state index contributed by atoms with van der Waals surface area (Å²) in [6, 6.07) is 0. The number of ether oxygens (including phenoxy) is 3. The molecule has 0 bridgehead atoms. The highest BCUT2D eigenvalue weighted by atomic mass is 16.6. The molecular formula is C20H33NO6. The Morgan fingerprint density at radius 2 is 1.52 bits per heavy atom. The summed E-state index contributed by atoms with van der Waals surface area (Å²) in [6.45, 7) is 14.3. The molecule has 7 heteroatoms. The van der Waals surface area contributed by atoms with Crippen LogP contribution < -0.4 is 0 Å². The Bertz CT molecular complexity index is 606. The maximum Gasteiger partial charge on any atom is 0.412 e. The predicted octanol–water partition coefficient (Wildman–Crippen LogP) is 3.46. The number of esters is 2. The van der Waals surface area contributed by atoms with E-state index in [2.05, 4.69) is 0 Å². The molecule has 0 radical (unpaired) electrons. The fourth-order valence-electron chi connectivity index (χ4n) is 3.24. The van der Waals surface area contributed by atoms with Gasteiger partial charge in [0.1, 0.15) is 5.60 Å². The summed E-state index contributed by atoms with van der Waals surface area (Å²) < 4.78 is 16.0. The molecule has 0 aromatic carbocycles. The van der Waals surface area contributed by atoms with Crippen LogP contribution in [0.15, 0.2) is 12.2 Å². The van der Waals surface area contributed by atoms with Crippen LogP contribution >= 0.6 is 0 Å². The van der Waals surface area contributed by atoms with Gasteiger partial charge in [0.15, 0.2) is 11.1 Å². The lowest BCUT2D eigenvalue weighted by Gasteiger charge is -2.43. The smallest absolute Gasteiger partial charge is 0.412 e. The summed E-state index contributed by atoms with van der Waals surface area (Å²) in [5, 5.41) is 0. The molecule has 0 fully saturated rings. The quantitative estimate of drug-likeness (QED) is 0.397. The van der Waals surface area contributed by atoms with Crippen molar-refractivity contribution in [3.8, 4) is 0 Å². The van der Waals surface area contributed by atoms with Crippen molar-refractivity contribution in [1.29, 1.82) is 0 Å². The van der Waals surface area contributed by atoms with Gasteiger partial charge in [0.25, 0.3) is 0 Å². The SMILES string of the molecule is CCOC(=O)[C@@]1(CC(C)C)C=C[C@](C)(C(=O)OCC)N1C(=O)OC(C)(C)C. The largest absolute Gasteiger partial charge is 0.464 e. The first kappa shape index (κ1) is 23.0. The lowest BCUT2D eigenvalue weighted by atomic mass is 9.88. The molecule has 2 atom stereocenters. The Hall–Kier alpha value is -2.05. The second-order valence-corrected chi connectivity index (χ2v) is 8.26. The van der Waals surface area contributed by atoms with E-state index in [1.165, 1.54) is 11.0 Å². The Morgan fingerprint density at radius 1 is 1.00 bits per heavy atom.